The Balaban J connectivity index is 2.02. The number of hydrogen-bond acceptors (Lipinski definition) is 2. The molecule has 2 aromatic rings. The molecule has 5 heteroatoms. The summed E-state index contributed by atoms with van der Waals surface area (Å²) in [4.78, 5) is 14.0. The van der Waals surface area contributed by atoms with Crippen molar-refractivity contribution in [3.05, 3.63) is 58.7 Å². The van der Waals surface area contributed by atoms with Crippen LogP contribution in [0.25, 0.3) is 0 Å². The van der Waals surface area contributed by atoms with Gasteiger partial charge >= 0.3 is 0 Å². The lowest BCUT2D eigenvalue weighted by Gasteiger charge is -2.18. The van der Waals surface area contributed by atoms with Gasteiger partial charge in [-0.2, -0.15) is 0 Å². The van der Waals surface area contributed by atoms with Crippen molar-refractivity contribution in [2.45, 2.75) is 13.3 Å². The topological polar surface area (TPSA) is 46.3 Å². The van der Waals surface area contributed by atoms with Crippen LogP contribution in [-0.4, -0.2) is 12.5 Å². The second kappa shape index (κ2) is 4.84. The average molecular weight is 288 g/mol. The van der Waals surface area contributed by atoms with Crippen molar-refractivity contribution in [3.8, 4) is 0 Å². The fourth-order valence-corrected chi connectivity index (χ4v) is 2.57. The van der Waals surface area contributed by atoms with Crippen molar-refractivity contribution in [1.82, 2.24) is 0 Å². The first-order chi connectivity index (χ1) is 9.97. The zero-order chi connectivity index (χ0) is 15.1. The summed E-state index contributed by atoms with van der Waals surface area (Å²) in [6.45, 7) is 1.97. The number of nitrogens with two attached hydrogens (primary N) is 1. The van der Waals surface area contributed by atoms with Gasteiger partial charge in [0.1, 0.15) is 11.6 Å². The van der Waals surface area contributed by atoms with Gasteiger partial charge in [-0.1, -0.05) is 6.07 Å². The van der Waals surface area contributed by atoms with E-state index >= 15 is 0 Å². The molecule has 0 atom stereocenters. The summed E-state index contributed by atoms with van der Waals surface area (Å²) in [5.41, 5.74) is 8.10. The zero-order valence-electron chi connectivity index (χ0n) is 11.5. The highest BCUT2D eigenvalue weighted by molar-refractivity contribution is 6.07. The maximum absolute atomic E-state index is 13.9. The Labute approximate surface area is 121 Å². The van der Waals surface area contributed by atoms with Crippen molar-refractivity contribution >= 4 is 17.3 Å². The standard InChI is InChI=1S/C16H14F2N2O/c1-9-6-12(14(18)8-13(9)17)16(21)20-5-4-10-2-3-11(19)7-15(10)20/h2-3,6-8H,4-5,19H2,1H3. The third kappa shape index (κ3) is 2.24. The van der Waals surface area contributed by atoms with Crippen LogP contribution in [-0.2, 0) is 6.42 Å². The van der Waals surface area contributed by atoms with E-state index in [1.54, 1.807) is 12.1 Å². The van der Waals surface area contributed by atoms with E-state index < -0.39 is 17.5 Å². The molecule has 0 fully saturated rings. The van der Waals surface area contributed by atoms with E-state index in [0.717, 1.165) is 11.6 Å². The van der Waals surface area contributed by atoms with Crippen molar-refractivity contribution < 1.29 is 13.6 Å². The largest absolute Gasteiger partial charge is 0.399 e. The summed E-state index contributed by atoms with van der Waals surface area (Å²) in [6, 6.07) is 7.34. The minimum absolute atomic E-state index is 0.121. The number of carbonyl (C=O) groups is 1. The predicted molar refractivity (Wildman–Crippen MR) is 77.3 cm³/mol. The fraction of sp³-hybridized carbons (Fsp3) is 0.188. The zero-order valence-corrected chi connectivity index (χ0v) is 11.5. The van der Waals surface area contributed by atoms with Crippen LogP contribution in [0, 0.1) is 18.6 Å². The lowest BCUT2D eigenvalue weighted by atomic mass is 10.1. The van der Waals surface area contributed by atoms with Gasteiger partial charge in [-0.05, 0) is 42.7 Å². The van der Waals surface area contributed by atoms with E-state index in [9.17, 15) is 13.6 Å². The van der Waals surface area contributed by atoms with E-state index in [1.165, 1.54) is 17.9 Å². The van der Waals surface area contributed by atoms with Gasteiger partial charge in [-0.15, -0.1) is 0 Å². The summed E-state index contributed by atoms with van der Waals surface area (Å²) >= 11 is 0. The fourth-order valence-electron chi connectivity index (χ4n) is 2.57. The minimum atomic E-state index is -0.847. The first kappa shape index (κ1) is 13.5. The smallest absolute Gasteiger partial charge is 0.261 e. The molecule has 3 rings (SSSR count). The molecule has 1 amide bonds. The van der Waals surface area contributed by atoms with Crippen LogP contribution in [0.5, 0.6) is 0 Å². The van der Waals surface area contributed by atoms with Crippen molar-refractivity contribution in [1.29, 1.82) is 0 Å². The van der Waals surface area contributed by atoms with Crippen LogP contribution in [0.15, 0.2) is 30.3 Å². The summed E-state index contributed by atoms with van der Waals surface area (Å²) in [5, 5.41) is 0. The van der Waals surface area contributed by atoms with Crippen LogP contribution >= 0.6 is 0 Å². The molecule has 2 N–H and O–H groups in total. The van der Waals surface area contributed by atoms with E-state index in [4.69, 9.17) is 5.73 Å². The number of amides is 1. The Morgan fingerprint density at radius 2 is 1.95 bits per heavy atom. The van der Waals surface area contributed by atoms with Gasteiger partial charge in [-0.25, -0.2) is 8.78 Å². The van der Waals surface area contributed by atoms with E-state index in [1.807, 2.05) is 6.07 Å². The molecule has 0 aromatic heterocycles. The number of nitrogens with zero attached hydrogens (tertiary/aromatic N) is 1. The van der Waals surface area contributed by atoms with Crippen molar-refractivity contribution in [2.75, 3.05) is 17.2 Å². The molecule has 1 aliphatic heterocycles. The monoisotopic (exact) mass is 288 g/mol. The summed E-state index contributed by atoms with van der Waals surface area (Å²) < 4.78 is 27.2. The molecule has 0 radical (unpaired) electrons. The number of benzene rings is 2. The number of halogens is 2. The molecule has 3 nitrogen and oxygen atoms in total. The lowest BCUT2D eigenvalue weighted by molar-refractivity contribution is 0.0985. The molecule has 1 heterocycles. The van der Waals surface area contributed by atoms with Crippen LogP contribution in [0.4, 0.5) is 20.2 Å². The molecule has 0 aliphatic carbocycles. The number of carbonyl (C=O) groups excluding carboxylic acids is 1. The molecule has 0 unspecified atom stereocenters. The Hall–Kier alpha value is -2.43. The molecule has 1 aliphatic rings. The molecule has 108 valence electrons. The number of aryl methyl sites for hydroxylation is 1. The number of hydrogen-bond donors (Lipinski definition) is 1. The van der Waals surface area contributed by atoms with Crippen LogP contribution in [0.2, 0.25) is 0 Å². The normalized spacial score (nSPS) is 13.4. The van der Waals surface area contributed by atoms with Crippen molar-refractivity contribution in [3.63, 3.8) is 0 Å². The minimum Gasteiger partial charge on any atom is -0.399 e. The lowest BCUT2D eigenvalue weighted by Crippen LogP contribution is -2.29. The highest BCUT2D eigenvalue weighted by Crippen LogP contribution is 2.31. The third-order valence-corrected chi connectivity index (χ3v) is 3.73. The summed E-state index contributed by atoms with van der Waals surface area (Å²) in [7, 11) is 0. The highest BCUT2D eigenvalue weighted by atomic mass is 19.1. The van der Waals surface area contributed by atoms with Gasteiger partial charge in [-0.3, -0.25) is 4.79 Å². The van der Waals surface area contributed by atoms with Gasteiger partial charge in [0.05, 0.1) is 5.56 Å². The molecule has 0 saturated carbocycles. The molecular formula is C16H14F2N2O. The van der Waals surface area contributed by atoms with E-state index in [-0.39, 0.29) is 11.1 Å². The Morgan fingerprint density at radius 1 is 1.19 bits per heavy atom. The Morgan fingerprint density at radius 3 is 2.71 bits per heavy atom. The number of anilines is 2. The van der Waals surface area contributed by atoms with Crippen molar-refractivity contribution in [2.24, 2.45) is 0 Å². The van der Waals surface area contributed by atoms with E-state index in [2.05, 4.69) is 0 Å². The predicted octanol–water partition coefficient (Wildman–Crippen LogP) is 3.06. The van der Waals surface area contributed by atoms with Crippen LogP contribution in [0.1, 0.15) is 21.5 Å². The van der Waals surface area contributed by atoms with E-state index in [0.29, 0.717) is 24.3 Å². The van der Waals surface area contributed by atoms with Gasteiger partial charge in [0.15, 0.2) is 0 Å². The first-order valence-corrected chi connectivity index (χ1v) is 6.63. The van der Waals surface area contributed by atoms with Gasteiger partial charge < -0.3 is 10.6 Å². The highest BCUT2D eigenvalue weighted by Gasteiger charge is 2.27. The van der Waals surface area contributed by atoms with Crippen LogP contribution in [0.3, 0.4) is 0 Å². The SMILES string of the molecule is Cc1cc(C(=O)N2CCc3ccc(N)cc32)c(F)cc1F. The van der Waals surface area contributed by atoms with Crippen LogP contribution < -0.4 is 10.6 Å². The Bertz CT molecular complexity index is 743. The number of nitrogen functional groups attached to an aromatic ring is 1. The molecule has 21 heavy (non-hydrogen) atoms. The molecule has 0 spiro atoms. The number of rotatable bonds is 1. The maximum atomic E-state index is 13.9. The first-order valence-electron chi connectivity index (χ1n) is 6.63. The maximum Gasteiger partial charge on any atom is 0.261 e. The quantitative estimate of drug-likeness (QED) is 0.820. The molecule has 0 bridgehead atoms. The van der Waals surface area contributed by atoms with Gasteiger partial charge in [0.2, 0.25) is 0 Å². The Kier molecular flexibility index (Phi) is 3.12. The summed E-state index contributed by atoms with van der Waals surface area (Å²) in [6.07, 6.45) is 0.698. The van der Waals surface area contributed by atoms with Gasteiger partial charge in [0.25, 0.3) is 5.91 Å². The van der Waals surface area contributed by atoms with Gasteiger partial charge in [0, 0.05) is 24.0 Å². The number of fused-ring (bicyclic) bond motifs is 1. The second-order valence-corrected chi connectivity index (χ2v) is 5.18. The summed E-state index contributed by atoms with van der Waals surface area (Å²) in [5.74, 6) is -1.98. The average Bonchev–Trinajstić information content (AvgIpc) is 2.85. The molecular weight excluding hydrogens is 274 g/mol. The molecule has 0 saturated heterocycles. The molecule has 2 aromatic carbocycles. The third-order valence-electron chi connectivity index (χ3n) is 3.73. The second-order valence-electron chi connectivity index (χ2n) is 5.18.